The van der Waals surface area contributed by atoms with Crippen molar-refractivity contribution in [1.29, 1.82) is 0 Å². The van der Waals surface area contributed by atoms with E-state index in [0.717, 1.165) is 17.5 Å². The number of carbonyl (C=O) groups excluding carboxylic acids is 1. The van der Waals surface area contributed by atoms with Gasteiger partial charge in [0.15, 0.2) is 0 Å². The molecule has 5 nitrogen and oxygen atoms in total. The lowest BCUT2D eigenvalue weighted by atomic mass is 9.96. The van der Waals surface area contributed by atoms with Crippen molar-refractivity contribution >= 4 is 11.9 Å². The summed E-state index contributed by atoms with van der Waals surface area (Å²) in [6, 6.07) is 7.72. The predicted octanol–water partition coefficient (Wildman–Crippen LogP) is 2.93. The summed E-state index contributed by atoms with van der Waals surface area (Å²) in [5.74, 6) is -5.24. The van der Waals surface area contributed by atoms with Crippen LogP contribution in [-0.2, 0) is 16.1 Å². The third-order valence-corrected chi connectivity index (χ3v) is 4.83. The number of carboxylic acids is 1. The van der Waals surface area contributed by atoms with Crippen molar-refractivity contribution in [3.05, 3.63) is 35.4 Å². The minimum absolute atomic E-state index is 0.206. The lowest BCUT2D eigenvalue weighted by molar-refractivity contribution is -0.188. The molecular weight excluding hydrogens is 361 g/mol. The lowest BCUT2D eigenvalue weighted by Gasteiger charge is -2.25. The zero-order chi connectivity index (χ0) is 20.2. The number of benzene rings is 1. The number of nitrogens with zero attached hydrogens (tertiary/aromatic N) is 2. The van der Waals surface area contributed by atoms with Crippen LogP contribution in [0.2, 0.25) is 0 Å². The van der Waals surface area contributed by atoms with Crippen LogP contribution >= 0.6 is 0 Å². The minimum Gasteiger partial charge on any atom is -0.481 e. The second kappa shape index (κ2) is 8.73. The third-order valence-electron chi connectivity index (χ3n) is 4.83. The zero-order valence-electron chi connectivity index (χ0n) is 15.5. The number of likely N-dealkylation sites (tertiary alicyclic amines) is 1. The molecule has 0 spiro atoms. The molecule has 0 unspecified atom stereocenters. The zero-order valence-corrected chi connectivity index (χ0v) is 15.5. The fraction of sp³-hybridized carbons (Fsp3) is 0.579. The van der Waals surface area contributed by atoms with Gasteiger partial charge in [-0.2, -0.15) is 13.2 Å². The number of amides is 1. The maximum Gasteiger partial charge on any atom is 0.393 e. The molecule has 1 aliphatic heterocycles. The molecule has 1 heterocycles. The fourth-order valence-electron chi connectivity index (χ4n) is 3.36. The Bertz CT molecular complexity index is 661. The molecular formula is C19H25F3N2O3. The van der Waals surface area contributed by atoms with Gasteiger partial charge in [0.2, 0.25) is 5.91 Å². The molecule has 2 atom stereocenters. The van der Waals surface area contributed by atoms with Gasteiger partial charge in [-0.05, 0) is 18.9 Å². The van der Waals surface area contributed by atoms with Gasteiger partial charge in [0, 0.05) is 26.2 Å². The van der Waals surface area contributed by atoms with E-state index in [9.17, 15) is 22.8 Å². The molecule has 8 heteroatoms. The van der Waals surface area contributed by atoms with Crippen LogP contribution in [0.1, 0.15) is 24.5 Å². The van der Waals surface area contributed by atoms with Gasteiger partial charge in [-0.1, -0.05) is 36.8 Å². The number of hydrogen-bond donors (Lipinski definition) is 1. The van der Waals surface area contributed by atoms with Crippen molar-refractivity contribution in [3.63, 3.8) is 0 Å². The first-order valence-corrected chi connectivity index (χ1v) is 8.97. The Morgan fingerprint density at radius 3 is 2.33 bits per heavy atom. The Hall–Kier alpha value is -2.09. The first-order valence-electron chi connectivity index (χ1n) is 8.97. The Morgan fingerprint density at radius 2 is 1.85 bits per heavy atom. The summed E-state index contributed by atoms with van der Waals surface area (Å²) in [7, 11) is 0. The highest BCUT2D eigenvalue weighted by molar-refractivity contribution is 5.78. The van der Waals surface area contributed by atoms with Crippen molar-refractivity contribution in [2.24, 2.45) is 11.8 Å². The smallest absolute Gasteiger partial charge is 0.393 e. The van der Waals surface area contributed by atoms with Crippen LogP contribution in [0, 0.1) is 18.8 Å². The molecule has 0 saturated carbocycles. The van der Waals surface area contributed by atoms with Crippen LogP contribution in [0.4, 0.5) is 13.2 Å². The molecule has 1 aromatic rings. The molecule has 2 rings (SSSR count). The summed E-state index contributed by atoms with van der Waals surface area (Å²) in [6.07, 6.45) is -3.87. The average molecular weight is 386 g/mol. The Kier molecular flexibility index (Phi) is 6.86. The van der Waals surface area contributed by atoms with Crippen molar-refractivity contribution < 1.29 is 27.9 Å². The summed E-state index contributed by atoms with van der Waals surface area (Å²) in [5, 5.41) is 9.09. The van der Waals surface area contributed by atoms with Gasteiger partial charge in [0.05, 0.1) is 18.4 Å². The molecule has 1 fully saturated rings. The first-order chi connectivity index (χ1) is 12.6. The minimum atomic E-state index is -4.59. The van der Waals surface area contributed by atoms with E-state index in [1.807, 2.05) is 38.1 Å². The topological polar surface area (TPSA) is 60.9 Å². The van der Waals surface area contributed by atoms with E-state index < -0.39 is 30.5 Å². The number of aryl methyl sites for hydroxylation is 1. The van der Waals surface area contributed by atoms with E-state index in [-0.39, 0.29) is 19.0 Å². The standard InChI is InChI=1S/C19H25F3N2O3/c1-3-8-24(9-14-6-4-13(2)5-7-14)17(25)12-23-10-15(18(26)27)16(11-23)19(20,21)22/h4-7,15-16H,3,8-12H2,1-2H3,(H,26,27)/t15-,16-/m1/s1. The first kappa shape index (κ1) is 21.2. The molecule has 1 amide bonds. The normalized spacial score (nSPS) is 20.6. The summed E-state index contributed by atoms with van der Waals surface area (Å²) in [4.78, 5) is 26.7. The highest BCUT2D eigenvalue weighted by atomic mass is 19.4. The van der Waals surface area contributed by atoms with Crippen molar-refractivity contribution in [1.82, 2.24) is 9.80 Å². The van der Waals surface area contributed by atoms with E-state index in [1.165, 1.54) is 4.90 Å². The number of alkyl halides is 3. The van der Waals surface area contributed by atoms with Crippen LogP contribution in [0.3, 0.4) is 0 Å². The van der Waals surface area contributed by atoms with Crippen LogP contribution in [0.15, 0.2) is 24.3 Å². The molecule has 0 bridgehead atoms. The molecule has 27 heavy (non-hydrogen) atoms. The second-order valence-electron chi connectivity index (χ2n) is 7.09. The van der Waals surface area contributed by atoms with E-state index in [0.29, 0.717) is 13.1 Å². The summed E-state index contributed by atoms with van der Waals surface area (Å²) >= 11 is 0. The molecule has 150 valence electrons. The maximum atomic E-state index is 13.1. The van der Waals surface area contributed by atoms with Crippen molar-refractivity contribution in [2.75, 3.05) is 26.2 Å². The number of aliphatic carboxylic acids is 1. The van der Waals surface area contributed by atoms with Gasteiger partial charge < -0.3 is 10.0 Å². The monoisotopic (exact) mass is 386 g/mol. The third kappa shape index (κ3) is 5.69. The van der Waals surface area contributed by atoms with Gasteiger partial charge in [0.1, 0.15) is 0 Å². The van der Waals surface area contributed by atoms with Gasteiger partial charge in [-0.3, -0.25) is 14.5 Å². The molecule has 1 aromatic carbocycles. The SMILES string of the molecule is CCCN(Cc1ccc(C)cc1)C(=O)CN1C[C@@H](C(F)(F)F)[C@H](C(=O)O)C1. The fourth-order valence-corrected chi connectivity index (χ4v) is 3.36. The van der Waals surface area contributed by atoms with E-state index in [4.69, 9.17) is 5.11 Å². The number of halogens is 3. The summed E-state index contributed by atoms with van der Waals surface area (Å²) in [6.45, 7) is 3.82. The lowest BCUT2D eigenvalue weighted by Crippen LogP contribution is -2.40. The Morgan fingerprint density at radius 1 is 1.22 bits per heavy atom. The molecule has 1 N–H and O–H groups in total. The summed E-state index contributed by atoms with van der Waals surface area (Å²) < 4.78 is 39.3. The average Bonchev–Trinajstić information content (AvgIpc) is 3.01. The summed E-state index contributed by atoms with van der Waals surface area (Å²) in [5.41, 5.74) is 2.04. The number of rotatable bonds is 7. The molecule has 0 aliphatic carbocycles. The highest BCUT2D eigenvalue weighted by Gasteiger charge is 2.52. The van der Waals surface area contributed by atoms with E-state index in [2.05, 4.69) is 0 Å². The van der Waals surface area contributed by atoms with Gasteiger partial charge in [-0.15, -0.1) is 0 Å². The molecule has 1 saturated heterocycles. The van der Waals surface area contributed by atoms with Crippen LogP contribution in [0.25, 0.3) is 0 Å². The van der Waals surface area contributed by atoms with E-state index >= 15 is 0 Å². The number of hydrogen-bond acceptors (Lipinski definition) is 3. The largest absolute Gasteiger partial charge is 0.481 e. The van der Waals surface area contributed by atoms with Gasteiger partial charge >= 0.3 is 12.1 Å². The van der Waals surface area contributed by atoms with Gasteiger partial charge in [0.25, 0.3) is 0 Å². The number of carbonyl (C=O) groups is 2. The molecule has 0 radical (unpaired) electrons. The molecule has 1 aliphatic rings. The second-order valence-corrected chi connectivity index (χ2v) is 7.09. The van der Waals surface area contributed by atoms with Crippen LogP contribution in [0.5, 0.6) is 0 Å². The number of carboxylic acid groups (broad SMARTS) is 1. The van der Waals surface area contributed by atoms with Crippen LogP contribution in [-0.4, -0.2) is 59.1 Å². The highest BCUT2D eigenvalue weighted by Crippen LogP contribution is 2.37. The molecule has 0 aromatic heterocycles. The van der Waals surface area contributed by atoms with Crippen molar-refractivity contribution in [2.45, 2.75) is 33.0 Å². The Balaban J connectivity index is 2.04. The maximum absolute atomic E-state index is 13.1. The van der Waals surface area contributed by atoms with Crippen LogP contribution < -0.4 is 0 Å². The van der Waals surface area contributed by atoms with Gasteiger partial charge in [-0.25, -0.2) is 0 Å². The Labute approximate surface area is 156 Å². The van der Waals surface area contributed by atoms with E-state index in [1.54, 1.807) is 4.90 Å². The quantitative estimate of drug-likeness (QED) is 0.783. The predicted molar refractivity (Wildman–Crippen MR) is 94.0 cm³/mol. The van der Waals surface area contributed by atoms with Crippen molar-refractivity contribution in [3.8, 4) is 0 Å².